The number of piperidine rings is 1. The topological polar surface area (TPSA) is 134 Å². The Morgan fingerprint density at radius 1 is 0.979 bits per heavy atom. The van der Waals surface area contributed by atoms with E-state index in [2.05, 4.69) is 62.3 Å². The lowest BCUT2D eigenvalue weighted by atomic mass is 9.92. The average Bonchev–Trinajstić information content (AvgIpc) is 3.35. The Hall–Kier alpha value is -3.87. The van der Waals surface area contributed by atoms with Gasteiger partial charge in [-0.1, -0.05) is 40.0 Å². The Kier molecular flexibility index (Phi) is 13.4. The highest BCUT2D eigenvalue weighted by Crippen LogP contribution is 2.31. The van der Waals surface area contributed by atoms with Crippen LogP contribution in [0.15, 0.2) is 42.9 Å². The molecule has 258 valence electrons. The minimum absolute atomic E-state index is 0. The number of rotatable bonds is 11. The van der Waals surface area contributed by atoms with Gasteiger partial charge in [-0.2, -0.15) is 0 Å². The molecule has 3 aromatic rings. The zero-order chi connectivity index (χ0) is 32.1. The first-order valence-electron chi connectivity index (χ1n) is 15.6. The number of carbonyl (C=O) groups is 3. The Morgan fingerprint density at radius 3 is 2.28 bits per heavy atom. The standard InChI is InChI=1S/C33H43N5O7.2CH4/c1-20-30(44-22(3)39)31(45-23(4)40)21(2)43-32(20)42-19-29(41)25-16-35-33(36-17-25)38-12-10-24(11-13-38)14-34-15-26-18-37(5)28-9-7-6-8-27(26)28;;/h6-9,16-18,20-21,24,30-32,34H,10-15,19H2,1-5H3;2*1H4/t20-,21-,30-,31+,32+;;/m0../s1. The number of fused-ring (bicyclic) bond motifs is 1. The molecule has 5 rings (SSSR count). The first-order chi connectivity index (χ1) is 21.6. The van der Waals surface area contributed by atoms with Crippen LogP contribution in [-0.2, 0) is 42.1 Å². The van der Waals surface area contributed by atoms with Crippen LogP contribution in [0.5, 0.6) is 0 Å². The number of nitrogens with zero attached hydrogens (tertiary/aromatic N) is 4. The molecule has 0 saturated carbocycles. The van der Waals surface area contributed by atoms with Crippen LogP contribution in [0.2, 0.25) is 0 Å². The van der Waals surface area contributed by atoms with Crippen molar-refractivity contribution >= 4 is 34.6 Å². The van der Waals surface area contributed by atoms with E-state index < -0.39 is 42.5 Å². The summed E-state index contributed by atoms with van der Waals surface area (Å²) in [6.45, 7) is 9.26. The Labute approximate surface area is 278 Å². The van der Waals surface area contributed by atoms with Crippen molar-refractivity contribution in [2.45, 2.75) is 86.5 Å². The number of hydrogen-bond acceptors (Lipinski definition) is 11. The normalized spacial score (nSPS) is 23.0. The molecule has 1 N–H and O–H groups in total. The molecule has 47 heavy (non-hydrogen) atoms. The van der Waals surface area contributed by atoms with Gasteiger partial charge in [0.2, 0.25) is 5.95 Å². The van der Waals surface area contributed by atoms with Crippen LogP contribution in [0.1, 0.15) is 71.3 Å². The number of anilines is 1. The smallest absolute Gasteiger partial charge is 0.303 e. The third-order valence-electron chi connectivity index (χ3n) is 8.65. The largest absolute Gasteiger partial charge is 0.458 e. The second-order valence-corrected chi connectivity index (χ2v) is 12.1. The van der Waals surface area contributed by atoms with Crippen molar-refractivity contribution in [2.24, 2.45) is 18.9 Å². The third-order valence-corrected chi connectivity index (χ3v) is 8.65. The Balaban J connectivity index is 0.00000300. The molecule has 2 fully saturated rings. The second kappa shape index (κ2) is 16.8. The van der Waals surface area contributed by atoms with Crippen molar-refractivity contribution in [2.75, 3.05) is 31.1 Å². The molecule has 0 amide bonds. The van der Waals surface area contributed by atoms with Gasteiger partial charge < -0.3 is 33.7 Å². The number of ether oxygens (including phenoxy) is 4. The maximum Gasteiger partial charge on any atom is 0.303 e. The maximum atomic E-state index is 12.9. The molecular formula is C35H51N5O7. The minimum atomic E-state index is -0.844. The van der Waals surface area contributed by atoms with Crippen LogP contribution in [0.4, 0.5) is 5.95 Å². The molecule has 0 unspecified atom stereocenters. The molecule has 2 aliphatic heterocycles. The summed E-state index contributed by atoms with van der Waals surface area (Å²) >= 11 is 0. The molecule has 2 aliphatic rings. The number of esters is 2. The highest BCUT2D eigenvalue weighted by Gasteiger charge is 2.46. The number of aryl methyl sites for hydroxylation is 1. The molecule has 1 aromatic carbocycles. The van der Waals surface area contributed by atoms with Crippen molar-refractivity contribution in [1.29, 1.82) is 0 Å². The van der Waals surface area contributed by atoms with E-state index >= 15 is 0 Å². The molecule has 0 radical (unpaired) electrons. The van der Waals surface area contributed by atoms with E-state index in [-0.39, 0.29) is 27.2 Å². The van der Waals surface area contributed by atoms with E-state index in [0.29, 0.717) is 17.4 Å². The molecule has 0 spiro atoms. The predicted molar refractivity (Wildman–Crippen MR) is 180 cm³/mol. The summed E-state index contributed by atoms with van der Waals surface area (Å²) in [4.78, 5) is 47.3. The van der Waals surface area contributed by atoms with Crippen molar-refractivity contribution in [3.63, 3.8) is 0 Å². The molecule has 12 heteroatoms. The summed E-state index contributed by atoms with van der Waals surface area (Å²) in [6.07, 6.45) is 4.30. The van der Waals surface area contributed by atoms with Gasteiger partial charge >= 0.3 is 11.9 Å². The number of Topliss-reactive ketones (excluding diaryl/α,β-unsaturated/α-hetero) is 1. The number of para-hydroxylation sites is 1. The van der Waals surface area contributed by atoms with Gasteiger partial charge in [0.15, 0.2) is 18.2 Å². The molecule has 4 heterocycles. The van der Waals surface area contributed by atoms with E-state index in [1.807, 2.05) is 0 Å². The minimum Gasteiger partial charge on any atom is -0.458 e. The van der Waals surface area contributed by atoms with Crippen molar-refractivity contribution in [3.05, 3.63) is 54.0 Å². The fraction of sp³-hybridized carbons (Fsp3) is 0.571. The van der Waals surface area contributed by atoms with Gasteiger partial charge in [-0.3, -0.25) is 14.4 Å². The quantitative estimate of drug-likeness (QED) is 0.228. The Morgan fingerprint density at radius 2 is 1.62 bits per heavy atom. The summed E-state index contributed by atoms with van der Waals surface area (Å²) in [5.41, 5.74) is 2.89. The zero-order valence-corrected chi connectivity index (χ0v) is 26.6. The van der Waals surface area contributed by atoms with Crippen LogP contribution in [0.3, 0.4) is 0 Å². The first kappa shape index (κ1) is 37.6. The monoisotopic (exact) mass is 653 g/mol. The van der Waals surface area contributed by atoms with Gasteiger partial charge in [0.05, 0.1) is 11.7 Å². The van der Waals surface area contributed by atoms with Crippen LogP contribution in [0.25, 0.3) is 10.9 Å². The molecule has 0 bridgehead atoms. The fourth-order valence-electron chi connectivity index (χ4n) is 6.23. The lowest BCUT2D eigenvalue weighted by molar-refractivity contribution is -0.276. The summed E-state index contributed by atoms with van der Waals surface area (Å²) in [6, 6.07) is 8.47. The van der Waals surface area contributed by atoms with Gasteiger partial charge in [-0.25, -0.2) is 9.97 Å². The summed E-state index contributed by atoms with van der Waals surface area (Å²) in [5, 5.41) is 4.94. The second-order valence-electron chi connectivity index (χ2n) is 12.1. The van der Waals surface area contributed by atoms with Crippen LogP contribution in [-0.4, -0.2) is 83.1 Å². The molecule has 0 aliphatic carbocycles. The predicted octanol–water partition coefficient (Wildman–Crippen LogP) is 4.69. The molecular weight excluding hydrogens is 602 g/mol. The van der Waals surface area contributed by atoms with Gasteiger partial charge in [-0.15, -0.1) is 0 Å². The molecule has 12 nitrogen and oxygen atoms in total. The summed E-state index contributed by atoms with van der Waals surface area (Å²) < 4.78 is 24.7. The number of hydrogen-bond donors (Lipinski definition) is 1. The van der Waals surface area contributed by atoms with E-state index in [0.717, 1.165) is 39.0 Å². The average molecular weight is 654 g/mol. The van der Waals surface area contributed by atoms with Gasteiger partial charge in [-0.05, 0) is 43.9 Å². The van der Waals surface area contributed by atoms with Crippen LogP contribution in [0, 0.1) is 11.8 Å². The number of aromatic nitrogens is 3. The lowest BCUT2D eigenvalue weighted by Gasteiger charge is -2.42. The van der Waals surface area contributed by atoms with Crippen LogP contribution >= 0.6 is 0 Å². The molecule has 5 atom stereocenters. The number of benzene rings is 1. The zero-order valence-electron chi connectivity index (χ0n) is 26.6. The number of ketones is 1. The molecule has 2 aromatic heterocycles. The first-order valence-corrected chi connectivity index (χ1v) is 15.6. The van der Waals surface area contributed by atoms with Crippen molar-refractivity contribution in [3.8, 4) is 0 Å². The summed E-state index contributed by atoms with van der Waals surface area (Å²) in [7, 11) is 2.08. The SMILES string of the molecule is C.C.CC(=O)O[C@H]1[C@H](C)[C@H](OCC(=O)c2cnc(N3CCC(CNCc4cn(C)c5ccccc45)CC3)nc2)O[C@@H](C)[C@H]1OC(C)=O. The van der Waals surface area contributed by atoms with E-state index in [9.17, 15) is 14.4 Å². The number of nitrogens with one attached hydrogen (secondary N) is 1. The lowest BCUT2D eigenvalue weighted by Crippen LogP contribution is -2.56. The van der Waals surface area contributed by atoms with Crippen molar-refractivity contribution in [1.82, 2.24) is 19.9 Å². The number of carbonyl (C=O) groups excluding carboxylic acids is 3. The van der Waals surface area contributed by atoms with Crippen LogP contribution < -0.4 is 10.2 Å². The highest BCUT2D eigenvalue weighted by atomic mass is 16.7. The van der Waals surface area contributed by atoms with Gasteiger partial charge in [0.1, 0.15) is 12.7 Å². The van der Waals surface area contributed by atoms with Crippen molar-refractivity contribution < 1.29 is 33.3 Å². The van der Waals surface area contributed by atoms with Gasteiger partial charge in [0.25, 0.3) is 0 Å². The summed E-state index contributed by atoms with van der Waals surface area (Å²) in [5.74, 6) is -0.626. The Bertz CT molecular complexity index is 1490. The van der Waals surface area contributed by atoms with E-state index in [1.165, 1.54) is 42.7 Å². The third kappa shape index (κ3) is 9.15. The molecule has 2 saturated heterocycles. The van der Waals surface area contributed by atoms with Gasteiger partial charge in [0, 0.05) is 75.9 Å². The fourth-order valence-corrected chi connectivity index (χ4v) is 6.23. The van der Waals surface area contributed by atoms with E-state index in [1.54, 1.807) is 13.8 Å². The maximum absolute atomic E-state index is 12.9. The highest BCUT2D eigenvalue weighted by molar-refractivity contribution is 5.96. The van der Waals surface area contributed by atoms with E-state index in [4.69, 9.17) is 18.9 Å².